The molecular formula is C17H17N3O4S2. The fraction of sp³-hybridized carbons (Fsp3) is 0.235. The van der Waals surface area contributed by atoms with Gasteiger partial charge in [0.15, 0.2) is 5.78 Å². The minimum atomic E-state index is -3.21. The molecule has 2 heterocycles. The van der Waals surface area contributed by atoms with Gasteiger partial charge in [0.25, 0.3) is 5.56 Å². The topological polar surface area (TPSA) is 98.1 Å². The van der Waals surface area contributed by atoms with Gasteiger partial charge in [-0.1, -0.05) is 24.3 Å². The standard InChI is InChI=1S/C17H17N3O4S2/c1-26(23,24)19-8-6-12-2-4-13(5-3-12)15(21)10-20-11-18-16-14(17(20)22)7-9-25-16/h2-5,7,9,11,19H,6,8,10H2,1H3. The highest BCUT2D eigenvalue weighted by Crippen LogP contribution is 2.13. The summed E-state index contributed by atoms with van der Waals surface area (Å²) in [4.78, 5) is 29.6. The summed E-state index contributed by atoms with van der Waals surface area (Å²) in [6.45, 7) is 0.223. The predicted molar refractivity (Wildman–Crippen MR) is 101 cm³/mol. The highest BCUT2D eigenvalue weighted by molar-refractivity contribution is 7.88. The fourth-order valence-electron chi connectivity index (χ4n) is 2.49. The second-order valence-corrected chi connectivity index (χ2v) is 8.58. The molecule has 0 aliphatic heterocycles. The molecule has 9 heteroatoms. The van der Waals surface area contributed by atoms with Crippen molar-refractivity contribution in [2.75, 3.05) is 12.8 Å². The molecule has 0 saturated carbocycles. The van der Waals surface area contributed by atoms with Gasteiger partial charge in [0.05, 0.1) is 24.5 Å². The maximum absolute atomic E-state index is 12.4. The van der Waals surface area contributed by atoms with E-state index in [-0.39, 0.29) is 17.9 Å². The maximum Gasteiger partial charge on any atom is 0.262 e. The molecule has 0 atom stereocenters. The van der Waals surface area contributed by atoms with Gasteiger partial charge < -0.3 is 0 Å². The first-order chi connectivity index (χ1) is 12.3. The molecule has 0 spiro atoms. The molecule has 0 unspecified atom stereocenters. The number of thiophene rings is 1. The highest BCUT2D eigenvalue weighted by atomic mass is 32.2. The van der Waals surface area contributed by atoms with E-state index < -0.39 is 10.0 Å². The SMILES string of the molecule is CS(=O)(=O)NCCc1ccc(C(=O)Cn2cnc3sccc3c2=O)cc1. The summed E-state index contributed by atoms with van der Waals surface area (Å²) in [5.41, 5.74) is 1.17. The molecule has 0 bridgehead atoms. The van der Waals surface area contributed by atoms with Gasteiger partial charge in [0.2, 0.25) is 10.0 Å². The number of carbonyl (C=O) groups is 1. The third-order valence-corrected chi connectivity index (χ3v) is 5.37. The summed E-state index contributed by atoms with van der Waals surface area (Å²) < 4.78 is 25.8. The van der Waals surface area contributed by atoms with Crippen LogP contribution in [0.3, 0.4) is 0 Å². The molecule has 0 radical (unpaired) electrons. The van der Waals surface area contributed by atoms with E-state index in [1.165, 1.54) is 22.2 Å². The van der Waals surface area contributed by atoms with E-state index in [4.69, 9.17) is 0 Å². The van der Waals surface area contributed by atoms with E-state index in [0.717, 1.165) is 11.8 Å². The predicted octanol–water partition coefficient (Wildman–Crippen LogP) is 1.43. The van der Waals surface area contributed by atoms with Crippen molar-refractivity contribution in [2.24, 2.45) is 0 Å². The first-order valence-corrected chi connectivity index (χ1v) is 10.6. The number of ketones is 1. The second-order valence-electron chi connectivity index (χ2n) is 5.85. The summed E-state index contributed by atoms with van der Waals surface area (Å²) in [6, 6.07) is 8.62. The summed E-state index contributed by atoms with van der Waals surface area (Å²) in [7, 11) is -3.21. The van der Waals surface area contributed by atoms with E-state index >= 15 is 0 Å². The van der Waals surface area contributed by atoms with E-state index in [1.54, 1.807) is 35.7 Å². The van der Waals surface area contributed by atoms with Crippen molar-refractivity contribution in [3.05, 3.63) is 63.5 Å². The van der Waals surface area contributed by atoms with Crippen LogP contribution in [-0.2, 0) is 23.0 Å². The molecule has 136 valence electrons. The van der Waals surface area contributed by atoms with E-state index in [9.17, 15) is 18.0 Å². The van der Waals surface area contributed by atoms with Crippen LogP contribution in [0.1, 0.15) is 15.9 Å². The fourth-order valence-corrected chi connectivity index (χ4v) is 3.69. The lowest BCUT2D eigenvalue weighted by Crippen LogP contribution is -2.24. The lowest BCUT2D eigenvalue weighted by atomic mass is 10.1. The molecule has 1 aromatic carbocycles. The Morgan fingerprint density at radius 1 is 1.23 bits per heavy atom. The van der Waals surface area contributed by atoms with Crippen molar-refractivity contribution >= 4 is 37.4 Å². The van der Waals surface area contributed by atoms with Crippen molar-refractivity contribution in [2.45, 2.75) is 13.0 Å². The van der Waals surface area contributed by atoms with Gasteiger partial charge in [0, 0.05) is 12.1 Å². The Morgan fingerprint density at radius 2 is 1.96 bits per heavy atom. The van der Waals surface area contributed by atoms with Crippen LogP contribution >= 0.6 is 11.3 Å². The average Bonchev–Trinajstić information content (AvgIpc) is 3.06. The summed E-state index contributed by atoms with van der Waals surface area (Å²) in [6.07, 6.45) is 3.03. The van der Waals surface area contributed by atoms with Gasteiger partial charge in [-0.05, 0) is 23.4 Å². The third kappa shape index (κ3) is 4.43. The van der Waals surface area contributed by atoms with Crippen LogP contribution in [0.5, 0.6) is 0 Å². The molecule has 3 aromatic rings. The number of fused-ring (bicyclic) bond motifs is 1. The Morgan fingerprint density at radius 3 is 2.65 bits per heavy atom. The molecule has 0 saturated heterocycles. The van der Waals surface area contributed by atoms with Crippen LogP contribution in [-0.4, -0.2) is 36.6 Å². The largest absolute Gasteiger partial charge is 0.292 e. The van der Waals surface area contributed by atoms with Gasteiger partial charge in [-0.25, -0.2) is 18.1 Å². The molecule has 0 amide bonds. The molecular weight excluding hydrogens is 374 g/mol. The normalized spacial score (nSPS) is 11.7. The van der Waals surface area contributed by atoms with Crippen LogP contribution in [0.2, 0.25) is 0 Å². The second kappa shape index (κ2) is 7.48. The first-order valence-electron chi connectivity index (χ1n) is 7.83. The lowest BCUT2D eigenvalue weighted by Gasteiger charge is -2.06. The van der Waals surface area contributed by atoms with Gasteiger partial charge in [0.1, 0.15) is 4.83 Å². The molecule has 0 aliphatic carbocycles. The van der Waals surface area contributed by atoms with Gasteiger partial charge in [-0.15, -0.1) is 11.3 Å². The maximum atomic E-state index is 12.4. The number of hydrogen-bond acceptors (Lipinski definition) is 6. The number of sulfonamides is 1. The summed E-state index contributed by atoms with van der Waals surface area (Å²) >= 11 is 1.38. The first kappa shape index (κ1) is 18.4. The van der Waals surface area contributed by atoms with Crippen molar-refractivity contribution in [3.63, 3.8) is 0 Å². The number of aromatic nitrogens is 2. The zero-order valence-electron chi connectivity index (χ0n) is 14.0. The van der Waals surface area contributed by atoms with Gasteiger partial charge in [-0.2, -0.15) is 0 Å². The van der Waals surface area contributed by atoms with E-state index in [2.05, 4.69) is 9.71 Å². The minimum Gasteiger partial charge on any atom is -0.292 e. The monoisotopic (exact) mass is 391 g/mol. The highest BCUT2D eigenvalue weighted by Gasteiger charge is 2.11. The van der Waals surface area contributed by atoms with Crippen molar-refractivity contribution in [1.29, 1.82) is 0 Å². The lowest BCUT2D eigenvalue weighted by molar-refractivity contribution is 0.0970. The Bertz CT molecular complexity index is 1100. The van der Waals surface area contributed by atoms with Crippen molar-refractivity contribution in [1.82, 2.24) is 14.3 Å². The number of nitrogens with one attached hydrogen (secondary N) is 1. The minimum absolute atomic E-state index is 0.0768. The Hall–Kier alpha value is -2.36. The van der Waals surface area contributed by atoms with Crippen LogP contribution in [0.15, 0.2) is 46.8 Å². The third-order valence-electron chi connectivity index (χ3n) is 3.82. The zero-order valence-corrected chi connectivity index (χ0v) is 15.6. The molecule has 0 aliphatic rings. The molecule has 3 rings (SSSR count). The summed E-state index contributed by atoms with van der Waals surface area (Å²) in [5.74, 6) is -0.190. The zero-order chi connectivity index (χ0) is 18.7. The molecule has 7 nitrogen and oxygen atoms in total. The number of carbonyl (C=O) groups excluding carboxylic acids is 1. The molecule has 1 N–H and O–H groups in total. The van der Waals surface area contributed by atoms with Gasteiger partial charge in [-0.3, -0.25) is 14.2 Å². The number of benzene rings is 1. The van der Waals surface area contributed by atoms with Crippen LogP contribution < -0.4 is 10.3 Å². The van der Waals surface area contributed by atoms with E-state index in [0.29, 0.717) is 28.7 Å². The van der Waals surface area contributed by atoms with Crippen LogP contribution in [0.4, 0.5) is 0 Å². The number of nitrogens with zero attached hydrogens (tertiary/aromatic N) is 2. The molecule has 26 heavy (non-hydrogen) atoms. The summed E-state index contributed by atoms with van der Waals surface area (Å²) in [5, 5.41) is 2.31. The number of Topliss-reactive ketones (excluding diaryl/α,β-unsaturated/α-hetero) is 1. The van der Waals surface area contributed by atoms with Crippen molar-refractivity contribution < 1.29 is 13.2 Å². The Labute approximate surface area is 154 Å². The van der Waals surface area contributed by atoms with Gasteiger partial charge >= 0.3 is 0 Å². The Kier molecular flexibility index (Phi) is 5.30. The van der Waals surface area contributed by atoms with Crippen LogP contribution in [0.25, 0.3) is 10.2 Å². The molecule has 2 aromatic heterocycles. The quantitative estimate of drug-likeness (QED) is 0.615. The smallest absolute Gasteiger partial charge is 0.262 e. The van der Waals surface area contributed by atoms with Crippen LogP contribution in [0, 0.1) is 0 Å². The van der Waals surface area contributed by atoms with E-state index in [1.807, 2.05) is 0 Å². The molecule has 0 fully saturated rings. The van der Waals surface area contributed by atoms with Crippen molar-refractivity contribution in [3.8, 4) is 0 Å². The number of hydrogen-bond donors (Lipinski definition) is 1. The number of rotatable bonds is 7. The Balaban J connectivity index is 1.67. The average molecular weight is 391 g/mol.